The van der Waals surface area contributed by atoms with Crippen molar-refractivity contribution in [3.8, 4) is 10.4 Å². The molecule has 15 heavy (non-hydrogen) atoms. The van der Waals surface area contributed by atoms with Crippen molar-refractivity contribution in [2.75, 3.05) is 0 Å². The molecule has 0 aliphatic carbocycles. The van der Waals surface area contributed by atoms with Gasteiger partial charge in [0.2, 0.25) is 0 Å². The maximum absolute atomic E-state index is 5.78. The summed E-state index contributed by atoms with van der Waals surface area (Å²) in [5, 5.41) is 0.991. The monoisotopic (exact) mass is 237 g/mol. The molecule has 0 saturated carbocycles. The first-order valence-electron chi connectivity index (χ1n) is 4.80. The van der Waals surface area contributed by atoms with Gasteiger partial charge in [0.25, 0.3) is 0 Å². The Balaban J connectivity index is 2.48. The second kappa shape index (κ2) is 4.33. The molecule has 0 saturated heterocycles. The molecule has 0 aliphatic rings. The molecular weight excluding hydrogens is 226 g/mol. The molecule has 2 rings (SSSR count). The van der Waals surface area contributed by atoms with Gasteiger partial charge in [-0.25, -0.2) is 4.98 Å². The van der Waals surface area contributed by atoms with E-state index in [1.54, 1.807) is 11.3 Å². The van der Waals surface area contributed by atoms with Crippen LogP contribution in [0.3, 0.4) is 0 Å². The number of hydrogen-bond donors (Lipinski definition) is 0. The molecule has 0 atom stereocenters. The molecule has 1 aromatic carbocycles. The molecule has 0 N–H and O–H groups in total. The lowest BCUT2D eigenvalue weighted by atomic mass is 10.1. The number of hydrogen-bond acceptors (Lipinski definition) is 2. The smallest absolute Gasteiger partial charge is 0.108 e. The number of benzene rings is 1. The zero-order valence-electron chi connectivity index (χ0n) is 8.75. The summed E-state index contributed by atoms with van der Waals surface area (Å²) >= 11 is 7.46. The highest BCUT2D eigenvalue weighted by Crippen LogP contribution is 2.30. The molecule has 0 bridgehead atoms. The number of thiazole rings is 1. The first-order valence-corrected chi connectivity index (χ1v) is 6.15. The van der Waals surface area contributed by atoms with Crippen LogP contribution < -0.4 is 0 Å². The fourth-order valence-corrected chi connectivity index (χ4v) is 2.70. The zero-order valence-corrected chi connectivity index (χ0v) is 10.3. The molecular formula is C12H12ClNS. The summed E-state index contributed by atoms with van der Waals surface area (Å²) in [4.78, 5) is 5.65. The molecule has 2 aromatic rings. The van der Waals surface area contributed by atoms with Crippen molar-refractivity contribution in [1.29, 1.82) is 0 Å². The third-order valence-corrected chi connectivity index (χ3v) is 3.85. The van der Waals surface area contributed by atoms with Gasteiger partial charge in [0.1, 0.15) is 5.01 Å². The molecule has 1 nitrogen and oxygen atoms in total. The molecule has 0 aliphatic heterocycles. The maximum atomic E-state index is 5.78. The Morgan fingerprint density at radius 2 is 2.13 bits per heavy atom. The van der Waals surface area contributed by atoms with Crippen LogP contribution in [0.5, 0.6) is 0 Å². The van der Waals surface area contributed by atoms with E-state index in [0.717, 1.165) is 10.7 Å². The summed E-state index contributed by atoms with van der Waals surface area (Å²) < 4.78 is 0. The topological polar surface area (TPSA) is 12.9 Å². The van der Waals surface area contributed by atoms with Crippen molar-refractivity contribution in [2.24, 2.45) is 0 Å². The number of aryl methyl sites for hydroxylation is 2. The van der Waals surface area contributed by atoms with Crippen LogP contribution in [0, 0.1) is 13.8 Å². The highest BCUT2D eigenvalue weighted by molar-refractivity contribution is 7.15. The Hall–Kier alpha value is -0.860. The molecule has 0 spiro atoms. The van der Waals surface area contributed by atoms with E-state index in [0.29, 0.717) is 5.88 Å². The van der Waals surface area contributed by atoms with Gasteiger partial charge in [-0.2, -0.15) is 0 Å². The van der Waals surface area contributed by atoms with Gasteiger partial charge in [0.05, 0.1) is 16.5 Å². The number of nitrogens with zero attached hydrogens (tertiary/aromatic N) is 1. The van der Waals surface area contributed by atoms with Gasteiger partial charge in [-0.3, -0.25) is 0 Å². The van der Waals surface area contributed by atoms with E-state index in [9.17, 15) is 0 Å². The second-order valence-electron chi connectivity index (χ2n) is 3.53. The van der Waals surface area contributed by atoms with Crippen molar-refractivity contribution >= 4 is 22.9 Å². The predicted octanol–water partition coefficient (Wildman–Crippen LogP) is 4.17. The minimum atomic E-state index is 0.497. The number of halogens is 1. The van der Waals surface area contributed by atoms with Crippen molar-refractivity contribution in [3.05, 3.63) is 40.5 Å². The number of rotatable bonds is 2. The van der Waals surface area contributed by atoms with Crippen molar-refractivity contribution in [2.45, 2.75) is 19.7 Å². The largest absolute Gasteiger partial charge is 0.245 e. The van der Waals surface area contributed by atoms with Crippen LogP contribution >= 0.6 is 22.9 Å². The first-order chi connectivity index (χ1) is 7.20. The molecule has 3 heteroatoms. The van der Waals surface area contributed by atoms with E-state index in [1.807, 2.05) is 6.92 Å². The Morgan fingerprint density at radius 3 is 2.73 bits per heavy atom. The van der Waals surface area contributed by atoms with Gasteiger partial charge >= 0.3 is 0 Å². The predicted molar refractivity (Wildman–Crippen MR) is 66.6 cm³/mol. The Bertz CT molecular complexity index is 476. The average Bonchev–Trinajstić information content (AvgIpc) is 2.60. The van der Waals surface area contributed by atoms with Crippen LogP contribution in [0.25, 0.3) is 10.4 Å². The molecule has 0 fully saturated rings. The van der Waals surface area contributed by atoms with E-state index in [-0.39, 0.29) is 0 Å². The van der Waals surface area contributed by atoms with Crippen LogP contribution in [-0.2, 0) is 5.88 Å². The van der Waals surface area contributed by atoms with E-state index in [1.165, 1.54) is 16.0 Å². The van der Waals surface area contributed by atoms with Gasteiger partial charge in [0, 0.05) is 0 Å². The SMILES string of the molecule is Cc1cccc(-c2sc(CCl)nc2C)c1. The van der Waals surface area contributed by atoms with Crippen LogP contribution in [-0.4, -0.2) is 4.98 Å². The van der Waals surface area contributed by atoms with Gasteiger partial charge in [-0.05, 0) is 19.4 Å². The zero-order chi connectivity index (χ0) is 10.8. The summed E-state index contributed by atoms with van der Waals surface area (Å²) in [5.74, 6) is 0.497. The standard InChI is InChI=1S/C12H12ClNS/c1-8-4-3-5-10(6-8)12-9(2)14-11(7-13)15-12/h3-6H,7H2,1-2H3. The van der Waals surface area contributed by atoms with Gasteiger partial charge < -0.3 is 0 Å². The highest BCUT2D eigenvalue weighted by atomic mass is 35.5. The summed E-state index contributed by atoms with van der Waals surface area (Å²) in [7, 11) is 0. The maximum Gasteiger partial charge on any atom is 0.108 e. The summed E-state index contributed by atoms with van der Waals surface area (Å²) in [6.07, 6.45) is 0. The van der Waals surface area contributed by atoms with Crippen LogP contribution in [0.4, 0.5) is 0 Å². The van der Waals surface area contributed by atoms with Gasteiger partial charge in [-0.1, -0.05) is 29.8 Å². The van der Waals surface area contributed by atoms with Crippen molar-refractivity contribution < 1.29 is 0 Å². The second-order valence-corrected chi connectivity index (χ2v) is 4.88. The molecule has 1 heterocycles. The minimum Gasteiger partial charge on any atom is -0.245 e. The Morgan fingerprint density at radius 1 is 1.33 bits per heavy atom. The Kier molecular flexibility index (Phi) is 3.08. The van der Waals surface area contributed by atoms with E-state index >= 15 is 0 Å². The number of aromatic nitrogens is 1. The summed E-state index contributed by atoms with van der Waals surface area (Å²) in [6, 6.07) is 8.47. The van der Waals surface area contributed by atoms with Crippen LogP contribution in [0.1, 0.15) is 16.3 Å². The Labute approximate surface area is 98.7 Å². The van der Waals surface area contributed by atoms with Crippen LogP contribution in [0.2, 0.25) is 0 Å². The van der Waals surface area contributed by atoms with E-state index in [2.05, 4.69) is 36.2 Å². The van der Waals surface area contributed by atoms with Crippen molar-refractivity contribution in [1.82, 2.24) is 4.98 Å². The fourth-order valence-electron chi connectivity index (χ4n) is 1.56. The van der Waals surface area contributed by atoms with Crippen molar-refractivity contribution in [3.63, 3.8) is 0 Å². The lowest BCUT2D eigenvalue weighted by molar-refractivity contribution is 1.18. The minimum absolute atomic E-state index is 0.497. The quantitative estimate of drug-likeness (QED) is 0.715. The third-order valence-electron chi connectivity index (χ3n) is 2.24. The summed E-state index contributed by atoms with van der Waals surface area (Å²) in [5.41, 5.74) is 3.58. The molecule has 0 amide bonds. The van der Waals surface area contributed by atoms with E-state index in [4.69, 9.17) is 11.6 Å². The highest BCUT2D eigenvalue weighted by Gasteiger charge is 2.08. The number of alkyl halides is 1. The van der Waals surface area contributed by atoms with Crippen LogP contribution in [0.15, 0.2) is 24.3 Å². The van der Waals surface area contributed by atoms with Gasteiger partial charge in [0.15, 0.2) is 0 Å². The molecule has 0 radical (unpaired) electrons. The third kappa shape index (κ3) is 2.21. The fraction of sp³-hybridized carbons (Fsp3) is 0.250. The molecule has 0 unspecified atom stereocenters. The lowest BCUT2D eigenvalue weighted by Crippen LogP contribution is -1.79. The summed E-state index contributed by atoms with van der Waals surface area (Å²) in [6.45, 7) is 4.13. The molecule has 78 valence electrons. The van der Waals surface area contributed by atoms with Gasteiger partial charge in [-0.15, -0.1) is 22.9 Å². The first kappa shape index (κ1) is 10.7. The average molecular weight is 238 g/mol. The normalized spacial score (nSPS) is 10.6. The lowest BCUT2D eigenvalue weighted by Gasteiger charge is -1.99. The van der Waals surface area contributed by atoms with E-state index < -0.39 is 0 Å². The molecule has 1 aromatic heterocycles.